The highest BCUT2D eigenvalue weighted by Crippen LogP contribution is 2.42. The Bertz CT molecular complexity index is 973. The second-order valence-electron chi connectivity index (χ2n) is 6.37. The van der Waals surface area contributed by atoms with Crippen LogP contribution in [-0.2, 0) is 0 Å². The fourth-order valence-electron chi connectivity index (χ4n) is 3.04. The van der Waals surface area contributed by atoms with E-state index in [1.165, 1.54) is 11.8 Å². The van der Waals surface area contributed by atoms with Crippen LogP contribution in [0.5, 0.6) is 0 Å². The Balaban J connectivity index is 1.71. The minimum absolute atomic E-state index is 0.0584. The van der Waals surface area contributed by atoms with Crippen LogP contribution in [0.2, 0.25) is 0 Å². The molecule has 0 bridgehead atoms. The molecule has 6 heteroatoms. The number of urea groups is 1. The Labute approximate surface area is 162 Å². The number of hydrogen-bond acceptors (Lipinski definition) is 3. The molecule has 2 aromatic rings. The van der Waals surface area contributed by atoms with E-state index >= 15 is 0 Å². The molecule has 2 aliphatic rings. The first-order valence-electron chi connectivity index (χ1n) is 8.85. The van der Waals surface area contributed by atoms with Gasteiger partial charge in [0, 0.05) is 28.6 Å². The van der Waals surface area contributed by atoms with Gasteiger partial charge >= 0.3 is 6.03 Å². The Morgan fingerprint density at radius 3 is 2.74 bits per heavy atom. The van der Waals surface area contributed by atoms with Crippen molar-refractivity contribution in [1.82, 2.24) is 4.90 Å². The Morgan fingerprint density at radius 2 is 2.00 bits per heavy atom. The Morgan fingerprint density at radius 1 is 1.19 bits per heavy atom. The van der Waals surface area contributed by atoms with Gasteiger partial charge < -0.3 is 10.2 Å². The van der Waals surface area contributed by atoms with E-state index in [4.69, 9.17) is 0 Å². The number of nitrogens with zero attached hydrogens (tertiary/aromatic N) is 2. The summed E-state index contributed by atoms with van der Waals surface area (Å²) in [6.07, 6.45) is 1.06. The second kappa shape index (κ2) is 7.37. The number of carbonyl (C=O) groups excluding carboxylic acids is 2. The molecule has 0 spiro atoms. The molecule has 0 unspecified atom stereocenters. The van der Waals surface area contributed by atoms with Crippen LogP contribution >= 0.6 is 11.8 Å². The highest BCUT2D eigenvalue weighted by atomic mass is 32.2. The molecule has 1 saturated heterocycles. The highest BCUT2D eigenvalue weighted by Gasteiger charge is 2.27. The van der Waals surface area contributed by atoms with Gasteiger partial charge in [0.15, 0.2) is 0 Å². The average Bonchev–Trinajstić information content (AvgIpc) is 2.73. The van der Waals surface area contributed by atoms with Crippen LogP contribution in [-0.4, -0.2) is 36.5 Å². The predicted molar refractivity (Wildman–Crippen MR) is 107 cm³/mol. The van der Waals surface area contributed by atoms with E-state index in [1.54, 1.807) is 16.7 Å². The van der Waals surface area contributed by atoms with Gasteiger partial charge in [0.2, 0.25) is 0 Å². The molecule has 0 atom stereocenters. The normalized spacial score (nSPS) is 14.9. The van der Waals surface area contributed by atoms with Gasteiger partial charge in [0.1, 0.15) is 0 Å². The first-order valence-corrected chi connectivity index (χ1v) is 9.67. The molecule has 2 aromatic carbocycles. The van der Waals surface area contributed by atoms with Gasteiger partial charge in [-0.05, 0) is 43.7 Å². The van der Waals surface area contributed by atoms with Crippen molar-refractivity contribution in [2.24, 2.45) is 0 Å². The standard InChI is InChI=1S/C21H19N3O2S/c1-2-3-13-24-17-10-9-15(22-21(26)23-11-6-12-23)14-19(17)27-18-8-5-4-7-16(18)20(24)25/h4-5,7-10,14H,6,11-13H2,1H3,(H,22,26). The zero-order valence-corrected chi connectivity index (χ0v) is 15.8. The topological polar surface area (TPSA) is 52.7 Å². The van der Waals surface area contributed by atoms with Gasteiger partial charge in [0.05, 0.1) is 17.8 Å². The van der Waals surface area contributed by atoms with Crippen molar-refractivity contribution >= 4 is 35.1 Å². The van der Waals surface area contributed by atoms with Crippen LogP contribution in [0.15, 0.2) is 52.3 Å². The summed E-state index contributed by atoms with van der Waals surface area (Å²) in [7, 11) is 0. The minimum atomic E-state index is -0.0787. The lowest BCUT2D eigenvalue weighted by Crippen LogP contribution is -2.44. The number of likely N-dealkylation sites (tertiary alicyclic amines) is 1. The van der Waals surface area contributed by atoms with Crippen molar-refractivity contribution in [2.75, 3.05) is 29.9 Å². The fraction of sp³-hybridized carbons (Fsp3) is 0.238. The summed E-state index contributed by atoms with van der Waals surface area (Å²) in [5.41, 5.74) is 2.21. The number of carbonyl (C=O) groups is 2. The molecule has 136 valence electrons. The summed E-state index contributed by atoms with van der Waals surface area (Å²) in [5.74, 6) is 5.80. The molecule has 0 saturated carbocycles. The number of rotatable bonds is 2. The molecule has 0 aromatic heterocycles. The second-order valence-corrected chi connectivity index (χ2v) is 7.45. The average molecular weight is 377 g/mol. The largest absolute Gasteiger partial charge is 0.324 e. The molecule has 0 radical (unpaired) electrons. The van der Waals surface area contributed by atoms with E-state index in [2.05, 4.69) is 17.2 Å². The van der Waals surface area contributed by atoms with E-state index in [0.717, 1.165) is 40.7 Å². The van der Waals surface area contributed by atoms with Crippen molar-refractivity contribution in [2.45, 2.75) is 23.1 Å². The van der Waals surface area contributed by atoms with E-state index in [1.807, 2.05) is 42.5 Å². The van der Waals surface area contributed by atoms with E-state index in [-0.39, 0.29) is 11.9 Å². The maximum absolute atomic E-state index is 13.1. The van der Waals surface area contributed by atoms with Gasteiger partial charge in [-0.25, -0.2) is 4.79 Å². The highest BCUT2D eigenvalue weighted by molar-refractivity contribution is 7.99. The van der Waals surface area contributed by atoms with Crippen LogP contribution in [0.3, 0.4) is 0 Å². The smallest absolute Gasteiger partial charge is 0.321 e. The number of amides is 3. The number of fused-ring (bicyclic) bond motifs is 2. The first-order chi connectivity index (χ1) is 13.2. The van der Waals surface area contributed by atoms with Gasteiger partial charge in [0.25, 0.3) is 5.91 Å². The van der Waals surface area contributed by atoms with Crippen LogP contribution in [0.25, 0.3) is 0 Å². The van der Waals surface area contributed by atoms with Gasteiger partial charge in [-0.1, -0.05) is 29.8 Å². The third-order valence-electron chi connectivity index (χ3n) is 4.64. The van der Waals surface area contributed by atoms with Crippen molar-refractivity contribution in [3.05, 3.63) is 48.0 Å². The summed E-state index contributed by atoms with van der Waals surface area (Å²) >= 11 is 1.54. The van der Waals surface area contributed by atoms with Crippen molar-refractivity contribution in [1.29, 1.82) is 0 Å². The maximum Gasteiger partial charge on any atom is 0.321 e. The van der Waals surface area contributed by atoms with Gasteiger partial charge in [-0.3, -0.25) is 9.69 Å². The maximum atomic E-state index is 13.1. The predicted octanol–water partition coefficient (Wildman–Crippen LogP) is 4.06. The van der Waals surface area contributed by atoms with Crippen LogP contribution in [0.1, 0.15) is 23.7 Å². The monoisotopic (exact) mass is 377 g/mol. The van der Waals surface area contributed by atoms with E-state index in [9.17, 15) is 9.59 Å². The van der Waals surface area contributed by atoms with Crippen molar-refractivity contribution < 1.29 is 9.59 Å². The summed E-state index contributed by atoms with van der Waals surface area (Å²) in [5, 5.41) is 2.95. The van der Waals surface area contributed by atoms with Crippen molar-refractivity contribution in [3.63, 3.8) is 0 Å². The lowest BCUT2D eigenvalue weighted by atomic mass is 10.1. The first kappa shape index (κ1) is 17.5. The molecule has 2 heterocycles. The zero-order chi connectivity index (χ0) is 18.8. The molecular weight excluding hydrogens is 358 g/mol. The molecule has 1 N–H and O–H groups in total. The number of anilines is 2. The van der Waals surface area contributed by atoms with Crippen LogP contribution in [0, 0.1) is 11.8 Å². The summed E-state index contributed by atoms with van der Waals surface area (Å²) < 4.78 is 0. The molecule has 3 amide bonds. The number of nitrogens with one attached hydrogen (secondary N) is 1. The zero-order valence-electron chi connectivity index (χ0n) is 15.0. The number of hydrogen-bond donors (Lipinski definition) is 1. The van der Waals surface area contributed by atoms with Crippen LogP contribution in [0.4, 0.5) is 16.2 Å². The third kappa shape index (κ3) is 3.38. The SMILES string of the molecule is CC#CCN1C(=O)c2ccccc2Sc2cc(NC(=O)N3CCC3)ccc21. The lowest BCUT2D eigenvalue weighted by molar-refractivity contribution is 0.0987. The summed E-state index contributed by atoms with van der Waals surface area (Å²) in [6, 6.07) is 13.2. The van der Waals surface area contributed by atoms with E-state index in [0.29, 0.717) is 12.1 Å². The molecule has 0 aliphatic carbocycles. The quantitative estimate of drug-likeness (QED) is 0.803. The fourth-order valence-corrected chi connectivity index (χ4v) is 4.16. The third-order valence-corrected chi connectivity index (χ3v) is 5.76. The number of benzene rings is 2. The molecule has 4 rings (SSSR count). The van der Waals surface area contributed by atoms with Crippen molar-refractivity contribution in [3.8, 4) is 11.8 Å². The molecule has 1 fully saturated rings. The summed E-state index contributed by atoms with van der Waals surface area (Å²) in [6.45, 7) is 3.70. The molecular formula is C21H19N3O2S. The lowest BCUT2D eigenvalue weighted by Gasteiger charge is -2.31. The van der Waals surface area contributed by atoms with Gasteiger partial charge in [-0.2, -0.15) is 0 Å². The Hall–Kier alpha value is -2.91. The van der Waals surface area contributed by atoms with Gasteiger partial charge in [-0.15, -0.1) is 5.92 Å². The molecule has 5 nitrogen and oxygen atoms in total. The van der Waals surface area contributed by atoms with Crippen LogP contribution < -0.4 is 10.2 Å². The minimum Gasteiger partial charge on any atom is -0.324 e. The Kier molecular flexibility index (Phi) is 4.78. The van der Waals surface area contributed by atoms with E-state index < -0.39 is 0 Å². The molecule has 2 aliphatic heterocycles. The molecule has 27 heavy (non-hydrogen) atoms. The summed E-state index contributed by atoms with van der Waals surface area (Å²) in [4.78, 5) is 30.6.